The van der Waals surface area contributed by atoms with E-state index in [0.717, 1.165) is 38.0 Å². The Labute approximate surface area is 179 Å². The summed E-state index contributed by atoms with van der Waals surface area (Å²) in [5.41, 5.74) is 2.35. The quantitative estimate of drug-likeness (QED) is 0.752. The zero-order valence-electron chi connectivity index (χ0n) is 18.9. The molecule has 7 nitrogen and oxygen atoms in total. The smallest absolute Gasteiger partial charge is 0.241 e. The molecule has 1 fully saturated rings. The molecule has 3 rings (SSSR count). The van der Waals surface area contributed by atoms with Gasteiger partial charge >= 0.3 is 0 Å². The first-order valence-corrected chi connectivity index (χ1v) is 10.8. The number of benzene rings is 1. The highest BCUT2D eigenvalue weighted by atomic mass is 16.5. The van der Waals surface area contributed by atoms with Gasteiger partial charge in [0.15, 0.2) is 0 Å². The van der Waals surface area contributed by atoms with E-state index in [1.54, 1.807) is 0 Å². The van der Waals surface area contributed by atoms with Crippen molar-refractivity contribution in [3.05, 3.63) is 35.7 Å². The van der Waals surface area contributed by atoms with Crippen molar-refractivity contribution < 1.29 is 9.32 Å². The summed E-state index contributed by atoms with van der Waals surface area (Å²) in [6.45, 7) is 10.4. The summed E-state index contributed by atoms with van der Waals surface area (Å²) in [6.07, 6.45) is 1.93. The molecule has 2 heterocycles. The van der Waals surface area contributed by atoms with Gasteiger partial charge < -0.3 is 14.7 Å². The van der Waals surface area contributed by atoms with Crippen LogP contribution in [-0.2, 0) is 16.8 Å². The number of amides is 1. The Bertz CT molecular complexity index is 823. The fraction of sp³-hybridized carbons (Fsp3) is 0.609. The van der Waals surface area contributed by atoms with Gasteiger partial charge in [-0.3, -0.25) is 9.69 Å². The van der Waals surface area contributed by atoms with Crippen molar-refractivity contribution in [1.29, 1.82) is 0 Å². The molecule has 2 aromatic rings. The van der Waals surface area contributed by atoms with Crippen LogP contribution in [-0.4, -0.2) is 66.1 Å². The van der Waals surface area contributed by atoms with Crippen LogP contribution in [0.5, 0.6) is 0 Å². The van der Waals surface area contributed by atoms with Crippen molar-refractivity contribution in [2.45, 2.75) is 45.6 Å². The number of carbonyl (C=O) groups is 1. The second-order valence-electron chi connectivity index (χ2n) is 9.51. The monoisotopic (exact) mass is 413 g/mol. The molecule has 0 radical (unpaired) electrons. The number of likely N-dealkylation sites (tertiary alicyclic amines) is 1. The van der Waals surface area contributed by atoms with Crippen LogP contribution in [0.2, 0.25) is 0 Å². The first-order valence-electron chi connectivity index (χ1n) is 10.8. The molecule has 1 amide bonds. The Kier molecular flexibility index (Phi) is 7.26. The van der Waals surface area contributed by atoms with Gasteiger partial charge in [0.05, 0.1) is 12.5 Å². The second-order valence-corrected chi connectivity index (χ2v) is 9.51. The number of likely N-dealkylation sites (N-methyl/N-ethyl adjacent to an activating group) is 1. The van der Waals surface area contributed by atoms with Gasteiger partial charge in [0, 0.05) is 25.2 Å². The van der Waals surface area contributed by atoms with Crippen LogP contribution in [0.15, 0.2) is 28.8 Å². The van der Waals surface area contributed by atoms with Crippen molar-refractivity contribution in [2.75, 3.05) is 40.3 Å². The molecule has 0 aliphatic carbocycles. The number of aromatic nitrogens is 2. The third-order valence-electron chi connectivity index (χ3n) is 5.57. The highest BCUT2D eigenvalue weighted by Gasteiger charge is 2.26. The zero-order chi connectivity index (χ0) is 21.7. The van der Waals surface area contributed by atoms with Gasteiger partial charge in [-0.05, 0) is 44.5 Å². The summed E-state index contributed by atoms with van der Waals surface area (Å²) in [5, 5.41) is 7.21. The Morgan fingerprint density at radius 2 is 2.00 bits per heavy atom. The third kappa shape index (κ3) is 6.12. The first kappa shape index (κ1) is 22.4. The number of rotatable bonds is 7. The maximum absolute atomic E-state index is 12.5. The van der Waals surface area contributed by atoms with Gasteiger partial charge in [-0.25, -0.2) is 0 Å². The van der Waals surface area contributed by atoms with E-state index in [0.29, 0.717) is 24.8 Å². The number of hydrogen-bond donors (Lipinski definition) is 1. The number of hydrogen-bond acceptors (Lipinski definition) is 6. The minimum Gasteiger partial charge on any atom is -0.355 e. The Morgan fingerprint density at radius 1 is 1.27 bits per heavy atom. The fourth-order valence-electron chi connectivity index (χ4n) is 3.71. The SMILES string of the molecule is CN(C)CCNC(=O)C1CCCN(Cc2nc(-c3ccc(C(C)(C)C)cc3)no2)C1. The number of nitrogens with one attached hydrogen (secondary N) is 1. The van der Waals surface area contributed by atoms with E-state index in [4.69, 9.17) is 4.52 Å². The van der Waals surface area contributed by atoms with Crippen LogP contribution in [0.3, 0.4) is 0 Å². The number of carbonyl (C=O) groups excluding carboxylic acids is 1. The number of nitrogens with zero attached hydrogens (tertiary/aromatic N) is 4. The average Bonchev–Trinajstić information content (AvgIpc) is 3.16. The summed E-state index contributed by atoms with van der Waals surface area (Å²) in [7, 11) is 4.01. The first-order chi connectivity index (χ1) is 14.2. The predicted octanol–water partition coefficient (Wildman–Crippen LogP) is 2.92. The fourth-order valence-corrected chi connectivity index (χ4v) is 3.71. The van der Waals surface area contributed by atoms with E-state index in [-0.39, 0.29) is 17.2 Å². The molecule has 0 saturated carbocycles. The van der Waals surface area contributed by atoms with Crippen LogP contribution in [0.1, 0.15) is 45.1 Å². The Balaban J connectivity index is 1.55. The molecule has 1 aliphatic heterocycles. The van der Waals surface area contributed by atoms with Gasteiger partial charge in [-0.15, -0.1) is 0 Å². The molecule has 1 atom stereocenters. The molecule has 7 heteroatoms. The lowest BCUT2D eigenvalue weighted by Gasteiger charge is -2.31. The molecular weight excluding hydrogens is 378 g/mol. The zero-order valence-corrected chi connectivity index (χ0v) is 18.9. The average molecular weight is 414 g/mol. The third-order valence-corrected chi connectivity index (χ3v) is 5.57. The van der Waals surface area contributed by atoms with Gasteiger partial charge in [0.25, 0.3) is 0 Å². The number of piperidine rings is 1. The van der Waals surface area contributed by atoms with Crippen LogP contribution in [0.4, 0.5) is 0 Å². The Hall–Kier alpha value is -2.25. The molecular formula is C23H35N5O2. The molecule has 1 aromatic carbocycles. The minimum atomic E-state index is 0.0215. The molecule has 1 aromatic heterocycles. The minimum absolute atomic E-state index is 0.0215. The lowest BCUT2D eigenvalue weighted by molar-refractivity contribution is -0.126. The van der Waals surface area contributed by atoms with E-state index in [1.165, 1.54) is 5.56 Å². The molecule has 1 unspecified atom stereocenters. The summed E-state index contributed by atoms with van der Waals surface area (Å²) in [6, 6.07) is 8.33. The topological polar surface area (TPSA) is 74.5 Å². The van der Waals surface area contributed by atoms with Crippen LogP contribution < -0.4 is 5.32 Å². The maximum atomic E-state index is 12.5. The molecule has 0 bridgehead atoms. The molecule has 164 valence electrons. The van der Waals surface area contributed by atoms with Gasteiger partial charge in [-0.1, -0.05) is 50.2 Å². The van der Waals surface area contributed by atoms with Crippen molar-refractivity contribution in [1.82, 2.24) is 25.3 Å². The van der Waals surface area contributed by atoms with Gasteiger partial charge in [0.1, 0.15) is 0 Å². The van der Waals surface area contributed by atoms with E-state index in [2.05, 4.69) is 58.2 Å². The lowest BCUT2D eigenvalue weighted by Crippen LogP contribution is -2.44. The highest BCUT2D eigenvalue weighted by molar-refractivity contribution is 5.78. The van der Waals surface area contributed by atoms with Crippen molar-refractivity contribution >= 4 is 5.91 Å². The summed E-state index contributed by atoms with van der Waals surface area (Å²) in [5.74, 6) is 1.37. The van der Waals surface area contributed by atoms with Gasteiger partial charge in [-0.2, -0.15) is 4.98 Å². The normalized spacial score (nSPS) is 18.0. The van der Waals surface area contributed by atoms with Crippen LogP contribution in [0, 0.1) is 5.92 Å². The van der Waals surface area contributed by atoms with E-state index >= 15 is 0 Å². The second kappa shape index (κ2) is 9.71. The Morgan fingerprint density at radius 3 is 2.67 bits per heavy atom. The largest absolute Gasteiger partial charge is 0.355 e. The standard InChI is InChI=1S/C23H35N5O2/c1-23(2,3)19-10-8-17(9-11-19)21-25-20(30-26-21)16-28-13-6-7-18(15-28)22(29)24-12-14-27(4)5/h8-11,18H,6-7,12-16H2,1-5H3,(H,24,29). The van der Waals surface area contributed by atoms with Crippen LogP contribution in [0.25, 0.3) is 11.4 Å². The summed E-state index contributed by atoms with van der Waals surface area (Å²) >= 11 is 0. The van der Waals surface area contributed by atoms with Crippen molar-refractivity contribution in [3.8, 4) is 11.4 Å². The highest BCUT2D eigenvalue weighted by Crippen LogP contribution is 2.25. The predicted molar refractivity (Wildman–Crippen MR) is 118 cm³/mol. The van der Waals surface area contributed by atoms with Gasteiger partial charge in [0.2, 0.25) is 17.6 Å². The lowest BCUT2D eigenvalue weighted by atomic mass is 9.87. The summed E-state index contributed by atoms with van der Waals surface area (Å²) < 4.78 is 5.50. The molecule has 1 saturated heterocycles. The van der Waals surface area contributed by atoms with E-state index < -0.39 is 0 Å². The van der Waals surface area contributed by atoms with E-state index in [1.807, 2.05) is 26.2 Å². The molecule has 0 spiro atoms. The summed E-state index contributed by atoms with van der Waals surface area (Å²) in [4.78, 5) is 21.3. The molecule has 1 N–H and O–H groups in total. The van der Waals surface area contributed by atoms with Crippen molar-refractivity contribution in [3.63, 3.8) is 0 Å². The van der Waals surface area contributed by atoms with E-state index in [9.17, 15) is 4.79 Å². The maximum Gasteiger partial charge on any atom is 0.241 e. The van der Waals surface area contributed by atoms with Crippen LogP contribution >= 0.6 is 0 Å². The molecule has 30 heavy (non-hydrogen) atoms. The van der Waals surface area contributed by atoms with Crippen molar-refractivity contribution in [2.24, 2.45) is 5.92 Å². The molecule has 1 aliphatic rings.